The SMILES string of the molecule is NCC(C(P(=O)(O)O)P(=O)(O)O)S(=O)(=O)O. The molecule has 0 heterocycles. The molecule has 0 amide bonds. The Labute approximate surface area is 90.5 Å². The highest BCUT2D eigenvalue weighted by atomic mass is 32.2. The van der Waals surface area contributed by atoms with Crippen LogP contribution in [0.1, 0.15) is 0 Å². The molecule has 0 aliphatic heterocycles. The van der Waals surface area contributed by atoms with Gasteiger partial charge in [-0.15, -0.1) is 0 Å². The second kappa shape index (κ2) is 4.81. The summed E-state index contributed by atoms with van der Waals surface area (Å²) < 4.78 is 51.5. The third-order valence-electron chi connectivity index (χ3n) is 1.64. The smallest absolute Gasteiger partial charge is 0.329 e. The second-order valence-corrected chi connectivity index (χ2v) is 8.39. The van der Waals surface area contributed by atoms with Crippen molar-refractivity contribution < 1.29 is 41.7 Å². The number of hydrogen-bond donors (Lipinski definition) is 6. The monoisotopic (exact) mass is 299 g/mol. The van der Waals surface area contributed by atoms with Crippen molar-refractivity contribution in [2.24, 2.45) is 5.73 Å². The molecule has 0 aromatic heterocycles. The van der Waals surface area contributed by atoms with E-state index in [1.54, 1.807) is 0 Å². The maximum Gasteiger partial charge on any atom is 0.342 e. The first kappa shape index (κ1) is 16.2. The van der Waals surface area contributed by atoms with Gasteiger partial charge in [-0.2, -0.15) is 8.42 Å². The van der Waals surface area contributed by atoms with Crippen LogP contribution in [0.5, 0.6) is 0 Å². The van der Waals surface area contributed by atoms with E-state index in [-0.39, 0.29) is 0 Å². The lowest BCUT2D eigenvalue weighted by Crippen LogP contribution is -2.39. The summed E-state index contributed by atoms with van der Waals surface area (Å²) in [5.74, 6) is 0. The highest BCUT2D eigenvalue weighted by Gasteiger charge is 2.52. The van der Waals surface area contributed by atoms with Crippen molar-refractivity contribution in [3.63, 3.8) is 0 Å². The lowest BCUT2D eigenvalue weighted by Gasteiger charge is -2.24. The Morgan fingerprint density at radius 2 is 1.38 bits per heavy atom. The van der Waals surface area contributed by atoms with Crippen LogP contribution in [0.25, 0.3) is 0 Å². The molecule has 0 aliphatic rings. The summed E-state index contributed by atoms with van der Waals surface area (Å²) in [4.78, 5) is 34.7. The van der Waals surface area contributed by atoms with Gasteiger partial charge >= 0.3 is 15.2 Å². The van der Waals surface area contributed by atoms with Gasteiger partial charge in [0.15, 0.2) is 5.40 Å². The van der Waals surface area contributed by atoms with Gasteiger partial charge in [-0.3, -0.25) is 13.7 Å². The molecule has 0 saturated heterocycles. The summed E-state index contributed by atoms with van der Waals surface area (Å²) in [5, 5.41) is -5.31. The van der Waals surface area contributed by atoms with E-state index >= 15 is 0 Å². The van der Waals surface area contributed by atoms with E-state index in [4.69, 9.17) is 29.9 Å². The van der Waals surface area contributed by atoms with E-state index in [0.717, 1.165) is 0 Å². The molecule has 13 heteroatoms. The molecule has 0 aromatic rings. The van der Waals surface area contributed by atoms with E-state index in [9.17, 15) is 17.5 Å². The second-order valence-electron chi connectivity index (χ2n) is 2.88. The Bertz CT molecular complexity index is 410. The van der Waals surface area contributed by atoms with Crippen LogP contribution in [-0.4, -0.2) is 49.7 Å². The topological polar surface area (TPSA) is 195 Å². The van der Waals surface area contributed by atoms with Gasteiger partial charge in [-0.25, -0.2) is 0 Å². The van der Waals surface area contributed by atoms with Crippen LogP contribution in [0.3, 0.4) is 0 Å². The third-order valence-corrected chi connectivity index (χ3v) is 7.17. The normalized spacial score (nSPS) is 16.4. The Hall–Kier alpha value is 0.170. The molecule has 16 heavy (non-hydrogen) atoms. The largest absolute Gasteiger partial charge is 0.342 e. The van der Waals surface area contributed by atoms with Crippen LogP contribution in [0, 0.1) is 0 Å². The van der Waals surface area contributed by atoms with Gasteiger partial charge in [0.05, 0.1) is 0 Å². The molecule has 98 valence electrons. The fraction of sp³-hybridized carbons (Fsp3) is 1.00. The van der Waals surface area contributed by atoms with Crippen molar-refractivity contribution in [2.75, 3.05) is 6.54 Å². The molecule has 0 bridgehead atoms. The molecule has 10 nitrogen and oxygen atoms in total. The van der Waals surface area contributed by atoms with Crippen LogP contribution in [0.4, 0.5) is 0 Å². The summed E-state index contributed by atoms with van der Waals surface area (Å²) >= 11 is 0. The molecular formula is C3H11NO9P2S. The van der Waals surface area contributed by atoms with Gasteiger partial charge < -0.3 is 25.3 Å². The van der Waals surface area contributed by atoms with Gasteiger partial charge in [0.25, 0.3) is 10.1 Å². The van der Waals surface area contributed by atoms with Crippen LogP contribution < -0.4 is 5.73 Å². The standard InChI is InChI=1S/C3H11NO9P2S/c4-1-2(16(11,12)13)3(14(5,6)7)15(8,9)10/h2-3H,1,4H2,(H2,5,6,7)(H2,8,9,10)(H,11,12,13). The Morgan fingerprint density at radius 1 is 1.06 bits per heavy atom. The third kappa shape index (κ3) is 4.21. The van der Waals surface area contributed by atoms with Gasteiger partial charge in [0.1, 0.15) is 5.25 Å². The van der Waals surface area contributed by atoms with E-state index in [0.29, 0.717) is 0 Å². The molecule has 0 fully saturated rings. The van der Waals surface area contributed by atoms with Gasteiger partial charge in [0.2, 0.25) is 0 Å². The Balaban J connectivity index is 5.72. The predicted molar refractivity (Wildman–Crippen MR) is 52.3 cm³/mol. The first-order valence-corrected chi connectivity index (χ1v) is 8.45. The van der Waals surface area contributed by atoms with E-state index in [2.05, 4.69) is 0 Å². The summed E-state index contributed by atoms with van der Waals surface area (Å²) in [6.45, 7) is -1.04. The minimum absolute atomic E-state index is 1.04. The summed E-state index contributed by atoms with van der Waals surface area (Å²) in [6.07, 6.45) is 0. The molecule has 0 rings (SSSR count). The van der Waals surface area contributed by atoms with Crippen LogP contribution >= 0.6 is 15.2 Å². The molecule has 0 spiro atoms. The first-order valence-electron chi connectivity index (χ1n) is 3.58. The van der Waals surface area contributed by atoms with Crippen molar-refractivity contribution in [3.8, 4) is 0 Å². The number of nitrogens with two attached hydrogens (primary N) is 1. The molecule has 7 N–H and O–H groups in total. The summed E-state index contributed by atoms with van der Waals surface area (Å²) in [7, 11) is -16.0. The lowest BCUT2D eigenvalue weighted by atomic mass is 10.5. The Kier molecular flexibility index (Phi) is 4.86. The molecule has 0 saturated carbocycles. The zero-order valence-corrected chi connectivity index (χ0v) is 10.2. The van der Waals surface area contributed by atoms with Crippen molar-refractivity contribution in [2.45, 2.75) is 10.7 Å². The van der Waals surface area contributed by atoms with E-state index in [1.165, 1.54) is 0 Å². The van der Waals surface area contributed by atoms with E-state index in [1.807, 2.05) is 0 Å². The number of hydrogen-bond acceptors (Lipinski definition) is 5. The first-order chi connectivity index (χ1) is 6.81. The van der Waals surface area contributed by atoms with Crippen molar-refractivity contribution >= 4 is 25.3 Å². The minimum Gasteiger partial charge on any atom is -0.329 e. The zero-order valence-electron chi connectivity index (χ0n) is 7.61. The molecule has 0 radical (unpaired) electrons. The average molecular weight is 299 g/mol. The zero-order chi connectivity index (χ0) is 13.4. The van der Waals surface area contributed by atoms with Gasteiger partial charge in [-0.05, 0) is 0 Å². The summed E-state index contributed by atoms with van der Waals surface area (Å²) in [5.41, 5.74) is 4.83. The van der Waals surface area contributed by atoms with Crippen molar-refractivity contribution in [1.82, 2.24) is 0 Å². The van der Waals surface area contributed by atoms with Crippen LogP contribution in [-0.2, 0) is 19.2 Å². The highest BCUT2D eigenvalue weighted by Crippen LogP contribution is 2.61. The fourth-order valence-electron chi connectivity index (χ4n) is 1.03. The minimum atomic E-state index is -5.45. The maximum absolute atomic E-state index is 10.8. The molecule has 0 aliphatic carbocycles. The van der Waals surface area contributed by atoms with Crippen molar-refractivity contribution in [1.29, 1.82) is 0 Å². The summed E-state index contributed by atoms with van der Waals surface area (Å²) in [6, 6.07) is 0. The highest BCUT2D eigenvalue weighted by molar-refractivity contribution is 7.88. The quantitative estimate of drug-likeness (QED) is 0.241. The molecular weight excluding hydrogens is 288 g/mol. The van der Waals surface area contributed by atoms with Gasteiger partial charge in [0, 0.05) is 6.54 Å². The Morgan fingerprint density at radius 3 is 1.44 bits per heavy atom. The van der Waals surface area contributed by atoms with Crippen LogP contribution in [0.2, 0.25) is 0 Å². The molecule has 1 atom stereocenters. The maximum atomic E-state index is 10.8. The van der Waals surface area contributed by atoms with Crippen molar-refractivity contribution in [3.05, 3.63) is 0 Å². The van der Waals surface area contributed by atoms with E-state index < -0.39 is 42.5 Å². The lowest BCUT2D eigenvalue weighted by molar-refractivity contribution is 0.332. The molecule has 0 aromatic carbocycles. The van der Waals surface area contributed by atoms with Crippen LogP contribution in [0.15, 0.2) is 0 Å². The predicted octanol–water partition coefficient (Wildman–Crippen LogP) is -2.12. The van der Waals surface area contributed by atoms with Gasteiger partial charge in [-0.1, -0.05) is 0 Å². The average Bonchev–Trinajstić information content (AvgIpc) is 1.91. The molecule has 1 unspecified atom stereocenters. The fourth-order valence-corrected chi connectivity index (χ4v) is 6.13. The number of rotatable bonds is 5.